The van der Waals surface area contributed by atoms with Crippen molar-refractivity contribution in [3.8, 4) is 11.6 Å². The van der Waals surface area contributed by atoms with Crippen LogP contribution in [-0.4, -0.2) is 4.98 Å². The van der Waals surface area contributed by atoms with Crippen molar-refractivity contribution in [1.29, 1.82) is 0 Å². The summed E-state index contributed by atoms with van der Waals surface area (Å²) in [6.45, 7) is 0. The van der Waals surface area contributed by atoms with Crippen molar-refractivity contribution in [1.82, 2.24) is 4.98 Å². The summed E-state index contributed by atoms with van der Waals surface area (Å²) in [5.74, 6) is 1.35. The summed E-state index contributed by atoms with van der Waals surface area (Å²) in [6.07, 6.45) is 1.65. The van der Waals surface area contributed by atoms with E-state index >= 15 is 0 Å². The lowest BCUT2D eigenvalue weighted by molar-refractivity contribution is 0.463. The van der Waals surface area contributed by atoms with Gasteiger partial charge in [0.25, 0.3) is 0 Å². The molecule has 1 aromatic heterocycles. The highest BCUT2D eigenvalue weighted by molar-refractivity contribution is 5.25. The normalized spacial score (nSPS) is 9.54. The Kier molecular flexibility index (Phi) is 2.23. The monoisotopic (exact) mass is 170 g/mol. The van der Waals surface area contributed by atoms with E-state index < -0.39 is 0 Å². The topological polar surface area (TPSA) is 22.1 Å². The van der Waals surface area contributed by atoms with Gasteiger partial charge in [-0.15, -0.1) is 0 Å². The van der Waals surface area contributed by atoms with Crippen LogP contribution in [0.3, 0.4) is 0 Å². The average Bonchev–Trinajstić information content (AvgIpc) is 2.21. The average molecular weight is 170 g/mol. The lowest BCUT2D eigenvalue weighted by Gasteiger charge is -2.02. The maximum atomic E-state index is 5.44. The van der Waals surface area contributed by atoms with Crippen LogP contribution >= 0.6 is 0 Å². The van der Waals surface area contributed by atoms with Crippen LogP contribution in [0.1, 0.15) is 0 Å². The van der Waals surface area contributed by atoms with Crippen LogP contribution in [0.25, 0.3) is 0 Å². The lowest BCUT2D eigenvalue weighted by Crippen LogP contribution is -1.85. The summed E-state index contributed by atoms with van der Waals surface area (Å²) in [4.78, 5) is 4.02. The number of para-hydroxylation sites is 1. The first-order chi connectivity index (χ1) is 6.45. The smallest absolute Gasteiger partial charge is 0.219 e. The summed E-state index contributed by atoms with van der Waals surface area (Å²) in [5.41, 5.74) is 0. The fraction of sp³-hybridized carbons (Fsp3) is 0. The van der Waals surface area contributed by atoms with Crippen molar-refractivity contribution in [3.05, 3.63) is 54.7 Å². The van der Waals surface area contributed by atoms with Crippen LogP contribution in [0.15, 0.2) is 48.7 Å². The van der Waals surface area contributed by atoms with Crippen LogP contribution in [0.5, 0.6) is 11.6 Å². The number of nitrogens with zero attached hydrogens (tertiary/aromatic N) is 1. The molecule has 0 aliphatic carbocycles. The molecule has 2 heteroatoms. The number of pyridine rings is 1. The molecule has 0 aliphatic rings. The standard InChI is InChI=1S/C11H8NO/c1-2-6-10(7-3-1)13-11-8-4-5-9-12-11/h1-3,5-9H. The van der Waals surface area contributed by atoms with Gasteiger partial charge >= 0.3 is 0 Å². The summed E-state index contributed by atoms with van der Waals surface area (Å²) < 4.78 is 5.44. The van der Waals surface area contributed by atoms with Crippen molar-refractivity contribution in [2.75, 3.05) is 0 Å². The minimum absolute atomic E-state index is 0.564. The van der Waals surface area contributed by atoms with E-state index in [2.05, 4.69) is 11.1 Å². The summed E-state index contributed by atoms with van der Waals surface area (Å²) in [6, 6.07) is 15.9. The van der Waals surface area contributed by atoms with E-state index in [1.54, 1.807) is 18.3 Å². The van der Waals surface area contributed by atoms with E-state index in [-0.39, 0.29) is 0 Å². The second kappa shape index (κ2) is 3.72. The molecular formula is C11H8NO. The van der Waals surface area contributed by atoms with Crippen molar-refractivity contribution in [2.24, 2.45) is 0 Å². The Bertz CT molecular complexity index is 321. The Hall–Kier alpha value is -1.83. The largest absolute Gasteiger partial charge is 0.439 e. The first kappa shape index (κ1) is 7.80. The first-order valence-electron chi connectivity index (χ1n) is 4.00. The van der Waals surface area contributed by atoms with Gasteiger partial charge in [0.1, 0.15) is 5.75 Å². The summed E-state index contributed by atoms with van der Waals surface area (Å²) >= 11 is 0. The van der Waals surface area contributed by atoms with Crippen LogP contribution < -0.4 is 4.74 Å². The molecule has 2 nitrogen and oxygen atoms in total. The second-order valence-corrected chi connectivity index (χ2v) is 2.51. The van der Waals surface area contributed by atoms with Gasteiger partial charge in [0.2, 0.25) is 5.88 Å². The van der Waals surface area contributed by atoms with E-state index in [1.165, 1.54) is 0 Å². The van der Waals surface area contributed by atoms with Gasteiger partial charge in [-0.1, -0.05) is 18.2 Å². The molecule has 1 heterocycles. The molecule has 0 saturated heterocycles. The first-order valence-corrected chi connectivity index (χ1v) is 4.00. The highest BCUT2D eigenvalue weighted by atomic mass is 16.5. The quantitative estimate of drug-likeness (QED) is 0.691. The van der Waals surface area contributed by atoms with E-state index in [4.69, 9.17) is 4.74 Å². The number of rotatable bonds is 2. The lowest BCUT2D eigenvalue weighted by atomic mass is 10.3. The molecule has 0 atom stereocenters. The number of aromatic nitrogens is 1. The van der Waals surface area contributed by atoms with Gasteiger partial charge < -0.3 is 4.74 Å². The molecule has 1 radical (unpaired) electrons. The highest BCUT2D eigenvalue weighted by Crippen LogP contribution is 2.16. The number of ether oxygens (including phenoxy) is 1. The molecule has 63 valence electrons. The van der Waals surface area contributed by atoms with Gasteiger partial charge in [0.15, 0.2) is 0 Å². The fourth-order valence-electron chi connectivity index (χ4n) is 0.976. The van der Waals surface area contributed by atoms with Crippen molar-refractivity contribution >= 4 is 0 Å². The predicted octanol–water partition coefficient (Wildman–Crippen LogP) is 2.67. The van der Waals surface area contributed by atoms with Crippen LogP contribution in [0, 0.1) is 6.07 Å². The van der Waals surface area contributed by atoms with E-state index in [9.17, 15) is 0 Å². The Morgan fingerprint density at radius 3 is 2.69 bits per heavy atom. The number of hydrogen-bond acceptors (Lipinski definition) is 2. The molecule has 0 aliphatic heterocycles. The fourth-order valence-corrected chi connectivity index (χ4v) is 0.976. The zero-order chi connectivity index (χ0) is 8.93. The molecule has 0 unspecified atom stereocenters. The molecule has 13 heavy (non-hydrogen) atoms. The van der Waals surface area contributed by atoms with Gasteiger partial charge in [-0.05, 0) is 24.3 Å². The Labute approximate surface area is 76.8 Å². The molecule has 2 aromatic rings. The van der Waals surface area contributed by atoms with Crippen LogP contribution in [0.2, 0.25) is 0 Å². The summed E-state index contributed by atoms with van der Waals surface area (Å²) in [7, 11) is 0. The van der Waals surface area contributed by atoms with E-state index in [0.717, 1.165) is 5.75 Å². The SMILES string of the molecule is [c]1ccnc(Oc2ccccc2)c1. The molecule has 0 bridgehead atoms. The highest BCUT2D eigenvalue weighted by Gasteiger charge is 1.94. The van der Waals surface area contributed by atoms with Gasteiger partial charge in [-0.3, -0.25) is 0 Å². The van der Waals surface area contributed by atoms with Gasteiger partial charge in [-0.25, -0.2) is 4.98 Å². The molecule has 0 N–H and O–H groups in total. The van der Waals surface area contributed by atoms with Crippen LogP contribution in [0.4, 0.5) is 0 Å². The van der Waals surface area contributed by atoms with Crippen molar-refractivity contribution < 1.29 is 4.74 Å². The molecule has 0 spiro atoms. The van der Waals surface area contributed by atoms with Gasteiger partial charge in [0.05, 0.1) is 0 Å². The molecule has 1 aromatic carbocycles. The van der Waals surface area contributed by atoms with E-state index in [0.29, 0.717) is 5.88 Å². The molecular weight excluding hydrogens is 162 g/mol. The molecule has 0 fully saturated rings. The third kappa shape index (κ3) is 2.06. The molecule has 0 saturated carbocycles. The summed E-state index contributed by atoms with van der Waals surface area (Å²) in [5, 5.41) is 0. The second-order valence-electron chi connectivity index (χ2n) is 2.51. The third-order valence-electron chi connectivity index (χ3n) is 1.54. The Morgan fingerprint density at radius 2 is 2.00 bits per heavy atom. The maximum Gasteiger partial charge on any atom is 0.219 e. The Balaban J connectivity index is 2.16. The minimum Gasteiger partial charge on any atom is -0.439 e. The third-order valence-corrected chi connectivity index (χ3v) is 1.54. The predicted molar refractivity (Wildman–Crippen MR) is 49.6 cm³/mol. The van der Waals surface area contributed by atoms with Crippen LogP contribution in [-0.2, 0) is 0 Å². The zero-order valence-electron chi connectivity index (χ0n) is 6.97. The van der Waals surface area contributed by atoms with Gasteiger partial charge in [0, 0.05) is 12.3 Å². The zero-order valence-corrected chi connectivity index (χ0v) is 6.97. The number of hydrogen-bond donors (Lipinski definition) is 0. The Morgan fingerprint density at radius 1 is 1.15 bits per heavy atom. The molecule has 2 rings (SSSR count). The van der Waals surface area contributed by atoms with Gasteiger partial charge in [-0.2, -0.15) is 0 Å². The van der Waals surface area contributed by atoms with Crippen molar-refractivity contribution in [3.63, 3.8) is 0 Å². The maximum absolute atomic E-state index is 5.44. The minimum atomic E-state index is 0.564. The number of benzene rings is 1. The molecule has 0 amide bonds. The van der Waals surface area contributed by atoms with Crippen molar-refractivity contribution in [2.45, 2.75) is 0 Å². The van der Waals surface area contributed by atoms with E-state index in [1.807, 2.05) is 30.3 Å².